The first-order valence-electron chi connectivity index (χ1n) is 10.4. The Balaban J connectivity index is 1.56. The summed E-state index contributed by atoms with van der Waals surface area (Å²) < 4.78 is 41.2. The van der Waals surface area contributed by atoms with Gasteiger partial charge in [0.15, 0.2) is 6.61 Å². The van der Waals surface area contributed by atoms with Gasteiger partial charge in [0.05, 0.1) is 12.2 Å². The predicted octanol–water partition coefficient (Wildman–Crippen LogP) is 4.43. The maximum atomic E-state index is 12.4. The molecular weight excluding hydrogens is 425 g/mol. The monoisotopic (exact) mass is 450 g/mol. The lowest BCUT2D eigenvalue weighted by atomic mass is 9.89. The van der Waals surface area contributed by atoms with E-state index in [2.05, 4.69) is 25.3 Å². The van der Waals surface area contributed by atoms with Crippen molar-refractivity contribution in [3.63, 3.8) is 0 Å². The molecule has 0 radical (unpaired) electrons. The van der Waals surface area contributed by atoms with E-state index in [1.807, 2.05) is 0 Å². The van der Waals surface area contributed by atoms with Gasteiger partial charge in [-0.3, -0.25) is 9.59 Å². The molecule has 2 N–H and O–H groups in total. The molecule has 7 nitrogen and oxygen atoms in total. The lowest BCUT2D eigenvalue weighted by Crippen LogP contribution is -2.28. The molecule has 0 saturated heterocycles. The Labute approximate surface area is 183 Å². The summed E-state index contributed by atoms with van der Waals surface area (Å²) in [6.45, 7) is 0.333. The van der Waals surface area contributed by atoms with E-state index in [1.54, 1.807) is 25.3 Å². The highest BCUT2D eigenvalue weighted by molar-refractivity contribution is 5.93. The number of halogens is 3. The van der Waals surface area contributed by atoms with E-state index in [0.717, 1.165) is 43.9 Å². The first kappa shape index (κ1) is 23.5. The molecule has 2 amide bonds. The SMILES string of the molecule is CC(NC(=O)c1ccc(OCC(F)(F)F)cn1)c1ccnc(NC(=O)C2CCCCC2)c1. The second-order valence-electron chi connectivity index (χ2n) is 7.78. The van der Waals surface area contributed by atoms with Gasteiger partial charge in [-0.15, -0.1) is 0 Å². The van der Waals surface area contributed by atoms with Crippen LogP contribution in [0.25, 0.3) is 0 Å². The molecule has 1 fully saturated rings. The Hall–Kier alpha value is -3.17. The van der Waals surface area contributed by atoms with Crippen molar-refractivity contribution in [3.8, 4) is 5.75 Å². The van der Waals surface area contributed by atoms with Gasteiger partial charge in [0.2, 0.25) is 5.91 Å². The van der Waals surface area contributed by atoms with Gasteiger partial charge >= 0.3 is 6.18 Å². The minimum Gasteiger partial charge on any atom is -0.483 e. The highest BCUT2D eigenvalue weighted by Gasteiger charge is 2.28. The smallest absolute Gasteiger partial charge is 0.422 e. The lowest BCUT2D eigenvalue weighted by Gasteiger charge is -2.21. The molecule has 32 heavy (non-hydrogen) atoms. The van der Waals surface area contributed by atoms with Crippen LogP contribution >= 0.6 is 0 Å². The van der Waals surface area contributed by atoms with Crippen LogP contribution in [0.2, 0.25) is 0 Å². The average molecular weight is 450 g/mol. The summed E-state index contributed by atoms with van der Waals surface area (Å²) >= 11 is 0. The van der Waals surface area contributed by atoms with Crippen LogP contribution in [-0.2, 0) is 4.79 Å². The molecule has 0 aliphatic heterocycles. The van der Waals surface area contributed by atoms with E-state index in [1.165, 1.54) is 12.1 Å². The number of nitrogens with zero attached hydrogens (tertiary/aromatic N) is 2. The van der Waals surface area contributed by atoms with Gasteiger partial charge < -0.3 is 15.4 Å². The number of pyridine rings is 2. The maximum Gasteiger partial charge on any atom is 0.422 e. The molecular formula is C22H25F3N4O3. The zero-order valence-corrected chi connectivity index (χ0v) is 17.6. The second-order valence-corrected chi connectivity index (χ2v) is 7.78. The third-order valence-electron chi connectivity index (χ3n) is 5.23. The Morgan fingerprint density at radius 3 is 2.56 bits per heavy atom. The van der Waals surface area contributed by atoms with Crippen LogP contribution in [0.1, 0.15) is 61.1 Å². The first-order valence-corrected chi connectivity index (χ1v) is 10.4. The minimum absolute atomic E-state index is 0.000454. The van der Waals surface area contributed by atoms with Gasteiger partial charge in [-0.2, -0.15) is 13.2 Å². The van der Waals surface area contributed by atoms with Crippen LogP contribution in [0.3, 0.4) is 0 Å². The summed E-state index contributed by atoms with van der Waals surface area (Å²) in [6.07, 6.45) is 3.19. The van der Waals surface area contributed by atoms with Crippen molar-refractivity contribution < 1.29 is 27.5 Å². The number of amides is 2. The van der Waals surface area contributed by atoms with Gasteiger partial charge in [-0.25, -0.2) is 9.97 Å². The number of carbonyl (C=O) groups excluding carboxylic acids is 2. The molecule has 0 aromatic carbocycles. The minimum atomic E-state index is -4.45. The molecule has 1 unspecified atom stereocenters. The number of ether oxygens (including phenoxy) is 1. The Bertz CT molecular complexity index is 929. The standard InChI is InChI=1S/C22H25F3N4O3/c1-14(28-21(31)18-8-7-17(12-27-18)32-13-22(23,24)25)16-9-10-26-19(11-16)29-20(30)15-5-3-2-4-6-15/h7-12,14-15H,2-6,13H2,1H3,(H,28,31)(H,26,29,30). The highest BCUT2D eigenvalue weighted by atomic mass is 19.4. The van der Waals surface area contributed by atoms with Crippen molar-refractivity contribution in [2.24, 2.45) is 5.92 Å². The molecule has 0 spiro atoms. The van der Waals surface area contributed by atoms with E-state index in [0.29, 0.717) is 5.82 Å². The number of anilines is 1. The summed E-state index contributed by atoms with van der Waals surface area (Å²) in [5.41, 5.74) is 0.772. The number of aromatic nitrogens is 2. The van der Waals surface area contributed by atoms with Crippen molar-refractivity contribution in [2.45, 2.75) is 51.2 Å². The normalized spacial score (nSPS) is 15.6. The predicted molar refractivity (Wildman–Crippen MR) is 111 cm³/mol. The van der Waals surface area contributed by atoms with Crippen molar-refractivity contribution >= 4 is 17.6 Å². The summed E-state index contributed by atoms with van der Waals surface area (Å²) in [7, 11) is 0. The van der Waals surface area contributed by atoms with Crippen LogP contribution in [0.4, 0.5) is 19.0 Å². The second kappa shape index (κ2) is 10.4. The fourth-order valence-electron chi connectivity index (χ4n) is 3.50. The van der Waals surface area contributed by atoms with Gasteiger partial charge in [0, 0.05) is 12.1 Å². The third-order valence-corrected chi connectivity index (χ3v) is 5.23. The van der Waals surface area contributed by atoms with E-state index < -0.39 is 24.7 Å². The fraction of sp³-hybridized carbons (Fsp3) is 0.455. The van der Waals surface area contributed by atoms with Gasteiger partial charge in [-0.1, -0.05) is 19.3 Å². The number of hydrogen-bond acceptors (Lipinski definition) is 5. The van der Waals surface area contributed by atoms with Crippen LogP contribution in [-0.4, -0.2) is 34.6 Å². The lowest BCUT2D eigenvalue weighted by molar-refractivity contribution is -0.153. The number of alkyl halides is 3. The summed E-state index contributed by atoms with van der Waals surface area (Å²) in [5.74, 6) is -0.198. The summed E-state index contributed by atoms with van der Waals surface area (Å²) in [6, 6.07) is 5.55. The van der Waals surface area contributed by atoms with Gasteiger partial charge in [0.25, 0.3) is 5.91 Å². The molecule has 0 bridgehead atoms. The molecule has 1 saturated carbocycles. The fourth-order valence-corrected chi connectivity index (χ4v) is 3.50. The molecule has 1 aliphatic rings. The third kappa shape index (κ3) is 6.93. The van der Waals surface area contributed by atoms with Crippen molar-refractivity contribution in [1.82, 2.24) is 15.3 Å². The van der Waals surface area contributed by atoms with Crippen LogP contribution in [0.15, 0.2) is 36.7 Å². The largest absolute Gasteiger partial charge is 0.483 e. The zero-order valence-electron chi connectivity index (χ0n) is 17.6. The van der Waals surface area contributed by atoms with Crippen LogP contribution in [0, 0.1) is 5.92 Å². The van der Waals surface area contributed by atoms with Crippen molar-refractivity contribution in [3.05, 3.63) is 47.9 Å². The molecule has 2 heterocycles. The topological polar surface area (TPSA) is 93.2 Å². The number of carbonyl (C=O) groups is 2. The number of rotatable bonds is 7. The molecule has 1 atom stereocenters. The Morgan fingerprint density at radius 1 is 1.16 bits per heavy atom. The quantitative estimate of drug-likeness (QED) is 0.651. The summed E-state index contributed by atoms with van der Waals surface area (Å²) in [4.78, 5) is 32.9. The van der Waals surface area contributed by atoms with Crippen LogP contribution in [0.5, 0.6) is 5.75 Å². The number of hydrogen-bond donors (Lipinski definition) is 2. The molecule has 1 aliphatic carbocycles. The van der Waals surface area contributed by atoms with E-state index in [9.17, 15) is 22.8 Å². The maximum absolute atomic E-state index is 12.4. The Kier molecular flexibility index (Phi) is 7.66. The molecule has 2 aromatic rings. The van der Waals surface area contributed by atoms with Gasteiger partial charge in [0.1, 0.15) is 17.3 Å². The molecule has 3 rings (SSSR count). The first-order chi connectivity index (χ1) is 15.2. The molecule has 10 heteroatoms. The van der Waals surface area contributed by atoms with Crippen LogP contribution < -0.4 is 15.4 Å². The Morgan fingerprint density at radius 2 is 1.91 bits per heavy atom. The van der Waals surface area contributed by atoms with E-state index in [-0.39, 0.29) is 23.3 Å². The number of nitrogens with one attached hydrogen (secondary N) is 2. The van der Waals surface area contributed by atoms with E-state index in [4.69, 9.17) is 0 Å². The highest BCUT2D eigenvalue weighted by Crippen LogP contribution is 2.25. The van der Waals surface area contributed by atoms with Crippen molar-refractivity contribution in [2.75, 3.05) is 11.9 Å². The average Bonchev–Trinajstić information content (AvgIpc) is 2.78. The van der Waals surface area contributed by atoms with Crippen molar-refractivity contribution in [1.29, 1.82) is 0 Å². The van der Waals surface area contributed by atoms with E-state index >= 15 is 0 Å². The molecule has 172 valence electrons. The zero-order chi connectivity index (χ0) is 23.1. The summed E-state index contributed by atoms with van der Waals surface area (Å²) in [5, 5.41) is 5.62. The van der Waals surface area contributed by atoms with Gasteiger partial charge in [-0.05, 0) is 49.6 Å². The molecule has 2 aromatic heterocycles.